The van der Waals surface area contributed by atoms with Gasteiger partial charge in [-0.25, -0.2) is 8.42 Å². The number of ether oxygens (including phenoxy) is 4. The number of nitrogens with zero attached hydrogens (tertiary/aromatic N) is 3. The lowest BCUT2D eigenvalue weighted by Crippen LogP contribution is -2.35. The number of rotatable bonds is 10. The Kier molecular flexibility index (Phi) is 8.49. The van der Waals surface area contributed by atoms with E-state index in [1.54, 1.807) is 24.3 Å². The molecule has 40 heavy (non-hydrogen) atoms. The minimum absolute atomic E-state index is 0.0258. The number of aromatic nitrogens is 1. The predicted molar refractivity (Wildman–Crippen MR) is 151 cm³/mol. The van der Waals surface area contributed by atoms with Crippen LogP contribution in [0.25, 0.3) is 10.9 Å². The average Bonchev–Trinajstić information content (AvgIpc) is 3.27. The number of anilines is 1. The number of sulfonamides is 1. The van der Waals surface area contributed by atoms with Crippen molar-refractivity contribution >= 4 is 54.1 Å². The molecular formula is C26H25BrN4O8S. The lowest BCUT2D eigenvalue weighted by Gasteiger charge is -2.25. The van der Waals surface area contributed by atoms with Crippen LogP contribution in [0.5, 0.6) is 28.9 Å². The molecule has 14 heteroatoms. The maximum absolute atomic E-state index is 14.0. The molecule has 4 rings (SSSR count). The minimum Gasteiger partial charge on any atom is -0.497 e. The van der Waals surface area contributed by atoms with Gasteiger partial charge in [-0.05, 0) is 42.5 Å². The fourth-order valence-electron chi connectivity index (χ4n) is 3.89. The quantitative estimate of drug-likeness (QED) is 0.227. The Bertz CT molecular complexity index is 1700. The number of amides is 1. The van der Waals surface area contributed by atoms with Gasteiger partial charge in [0, 0.05) is 22.0 Å². The summed E-state index contributed by atoms with van der Waals surface area (Å²) in [5.74, 6) is -0.234. The Labute approximate surface area is 238 Å². The molecule has 1 amide bonds. The van der Waals surface area contributed by atoms with E-state index < -0.39 is 22.5 Å². The Morgan fingerprint density at radius 2 is 1.62 bits per heavy atom. The number of methoxy groups -OCH3 is 4. The molecule has 12 nitrogen and oxygen atoms in total. The van der Waals surface area contributed by atoms with Gasteiger partial charge in [0.1, 0.15) is 18.0 Å². The fraction of sp³-hybridized carbons (Fsp3) is 0.192. The van der Waals surface area contributed by atoms with Gasteiger partial charge in [0.15, 0.2) is 17.2 Å². The number of aromatic amines is 1. The van der Waals surface area contributed by atoms with Crippen molar-refractivity contribution in [1.82, 2.24) is 4.98 Å². The average molecular weight is 633 g/mol. The van der Waals surface area contributed by atoms with Crippen LogP contribution in [0.4, 0.5) is 11.4 Å². The van der Waals surface area contributed by atoms with E-state index in [9.17, 15) is 18.3 Å². The highest BCUT2D eigenvalue weighted by molar-refractivity contribution is 9.10. The van der Waals surface area contributed by atoms with Crippen molar-refractivity contribution in [2.24, 2.45) is 10.2 Å². The number of benzene rings is 3. The van der Waals surface area contributed by atoms with E-state index >= 15 is 0 Å². The standard InChI is InChI=1S/C26H25BrN4O8S/c1-36-16-6-9-21(37-2)20(12-16)31(40(34,35)17-7-10-22(38-3)23(13-17)39-4)14-24(32)29-30-25-18-11-15(27)5-8-19(18)28-26(25)33/h5-13,28,33H,14H2,1-4H3. The molecule has 0 aliphatic carbocycles. The lowest BCUT2D eigenvalue weighted by molar-refractivity contribution is -0.116. The zero-order valence-corrected chi connectivity index (χ0v) is 24.2. The molecule has 3 aromatic carbocycles. The van der Waals surface area contributed by atoms with E-state index in [0.29, 0.717) is 22.4 Å². The number of aromatic hydroxyl groups is 1. The molecule has 1 aromatic heterocycles. The topological polar surface area (TPSA) is 152 Å². The number of azo groups is 1. The van der Waals surface area contributed by atoms with Crippen LogP contribution in [0, 0.1) is 0 Å². The molecule has 1 heterocycles. The number of H-pyrrole nitrogens is 1. The van der Waals surface area contributed by atoms with Crippen LogP contribution in [0.1, 0.15) is 0 Å². The number of fused-ring (bicyclic) bond motifs is 1. The van der Waals surface area contributed by atoms with Gasteiger partial charge in [-0.15, -0.1) is 10.2 Å². The van der Waals surface area contributed by atoms with Crippen molar-refractivity contribution in [3.63, 3.8) is 0 Å². The molecule has 0 aliphatic heterocycles. The second kappa shape index (κ2) is 11.8. The van der Waals surface area contributed by atoms with Gasteiger partial charge in [-0.3, -0.25) is 9.10 Å². The van der Waals surface area contributed by atoms with Crippen LogP contribution in [0.3, 0.4) is 0 Å². The third-order valence-electron chi connectivity index (χ3n) is 5.85. The predicted octanol–water partition coefficient (Wildman–Crippen LogP) is 5.18. The maximum atomic E-state index is 14.0. The van der Waals surface area contributed by atoms with Crippen molar-refractivity contribution in [2.75, 3.05) is 39.3 Å². The van der Waals surface area contributed by atoms with E-state index in [1.807, 2.05) is 0 Å². The Morgan fingerprint density at radius 1 is 0.925 bits per heavy atom. The summed E-state index contributed by atoms with van der Waals surface area (Å²) >= 11 is 3.36. The van der Waals surface area contributed by atoms with Crippen molar-refractivity contribution in [1.29, 1.82) is 0 Å². The third-order valence-corrected chi connectivity index (χ3v) is 8.10. The van der Waals surface area contributed by atoms with Gasteiger partial charge in [0.05, 0.1) is 44.5 Å². The van der Waals surface area contributed by atoms with E-state index in [-0.39, 0.29) is 33.6 Å². The summed E-state index contributed by atoms with van der Waals surface area (Å²) in [5, 5.41) is 18.4. The molecule has 0 unspecified atom stereocenters. The second-order valence-corrected chi connectivity index (χ2v) is 11.0. The van der Waals surface area contributed by atoms with E-state index in [4.69, 9.17) is 18.9 Å². The van der Waals surface area contributed by atoms with Gasteiger partial charge < -0.3 is 29.0 Å². The lowest BCUT2D eigenvalue weighted by atomic mass is 10.2. The smallest absolute Gasteiger partial charge is 0.285 e. The normalized spacial score (nSPS) is 11.5. The first-order chi connectivity index (χ1) is 19.1. The minimum atomic E-state index is -4.41. The highest BCUT2D eigenvalue weighted by atomic mass is 79.9. The molecule has 0 radical (unpaired) electrons. The molecular weight excluding hydrogens is 608 g/mol. The number of nitrogens with one attached hydrogen (secondary N) is 1. The van der Waals surface area contributed by atoms with Gasteiger partial charge in [-0.2, -0.15) is 0 Å². The van der Waals surface area contributed by atoms with Crippen LogP contribution in [0.15, 0.2) is 74.2 Å². The zero-order valence-electron chi connectivity index (χ0n) is 21.8. The van der Waals surface area contributed by atoms with E-state index in [2.05, 4.69) is 31.1 Å². The third kappa shape index (κ3) is 5.67. The first kappa shape index (κ1) is 28.7. The summed E-state index contributed by atoms with van der Waals surface area (Å²) in [6, 6.07) is 13.7. The highest BCUT2D eigenvalue weighted by Crippen LogP contribution is 2.39. The van der Waals surface area contributed by atoms with Gasteiger partial charge >= 0.3 is 0 Å². The molecule has 0 saturated carbocycles. The van der Waals surface area contributed by atoms with Crippen LogP contribution >= 0.6 is 15.9 Å². The number of halogens is 1. The van der Waals surface area contributed by atoms with Crippen LogP contribution < -0.4 is 23.3 Å². The molecule has 0 bridgehead atoms. The molecule has 0 atom stereocenters. The van der Waals surface area contributed by atoms with Crippen LogP contribution in [-0.2, 0) is 14.8 Å². The van der Waals surface area contributed by atoms with Gasteiger partial charge in [0.25, 0.3) is 15.9 Å². The summed E-state index contributed by atoms with van der Waals surface area (Å²) in [7, 11) is 1.18. The summed E-state index contributed by atoms with van der Waals surface area (Å²) < 4.78 is 50.6. The highest BCUT2D eigenvalue weighted by Gasteiger charge is 2.31. The molecule has 4 aromatic rings. The Hall–Kier alpha value is -4.30. The van der Waals surface area contributed by atoms with Crippen LogP contribution in [-0.4, -0.2) is 59.4 Å². The number of hydrogen-bond acceptors (Lipinski definition) is 9. The largest absolute Gasteiger partial charge is 0.497 e. The maximum Gasteiger partial charge on any atom is 0.285 e. The number of carbonyl (C=O) groups excluding carboxylic acids is 1. The molecule has 0 spiro atoms. The molecule has 0 saturated heterocycles. The summed E-state index contributed by atoms with van der Waals surface area (Å²) in [6.45, 7) is -0.753. The van der Waals surface area contributed by atoms with Gasteiger partial charge in [0.2, 0.25) is 5.88 Å². The van der Waals surface area contributed by atoms with Crippen molar-refractivity contribution < 1.29 is 37.3 Å². The number of carbonyl (C=O) groups is 1. The molecule has 2 N–H and O–H groups in total. The van der Waals surface area contributed by atoms with Crippen LogP contribution in [0.2, 0.25) is 0 Å². The first-order valence-electron chi connectivity index (χ1n) is 11.5. The molecule has 210 valence electrons. The van der Waals surface area contributed by atoms with Crippen molar-refractivity contribution in [2.45, 2.75) is 4.90 Å². The first-order valence-corrected chi connectivity index (χ1v) is 13.8. The number of hydrogen-bond donors (Lipinski definition) is 2. The SMILES string of the molecule is COc1ccc(OC)c(N(CC(=O)N=Nc2c(O)[nH]c3ccc(Br)cc23)S(=O)(=O)c2ccc(OC)c(OC)c2)c1. The van der Waals surface area contributed by atoms with Crippen molar-refractivity contribution in [3.05, 3.63) is 59.1 Å². The summed E-state index contributed by atoms with van der Waals surface area (Å²) in [5.41, 5.74) is 0.623. The second-order valence-electron chi connectivity index (χ2n) is 8.17. The Morgan fingerprint density at radius 3 is 2.30 bits per heavy atom. The monoisotopic (exact) mass is 632 g/mol. The zero-order chi connectivity index (χ0) is 29.0. The van der Waals surface area contributed by atoms with Crippen molar-refractivity contribution in [3.8, 4) is 28.9 Å². The van der Waals surface area contributed by atoms with Gasteiger partial charge in [-0.1, -0.05) is 15.9 Å². The van der Waals surface area contributed by atoms with E-state index in [0.717, 1.165) is 8.78 Å². The summed E-state index contributed by atoms with van der Waals surface area (Å²) in [4.78, 5) is 15.7. The fourth-order valence-corrected chi connectivity index (χ4v) is 5.69. The van der Waals surface area contributed by atoms with E-state index in [1.165, 1.54) is 58.8 Å². The summed E-state index contributed by atoms with van der Waals surface area (Å²) in [6.07, 6.45) is 0. The molecule has 0 fully saturated rings. The Balaban J connectivity index is 1.78. The molecule has 0 aliphatic rings.